The van der Waals surface area contributed by atoms with Gasteiger partial charge in [-0.15, -0.1) is 0 Å². The Morgan fingerprint density at radius 2 is 1.94 bits per heavy atom. The Labute approximate surface area is 106 Å². The summed E-state index contributed by atoms with van der Waals surface area (Å²) in [5, 5.41) is 2.66. The number of amides is 1. The maximum absolute atomic E-state index is 11.4. The smallest absolute Gasteiger partial charge is 0.227 e. The van der Waals surface area contributed by atoms with Crippen molar-refractivity contribution in [3.63, 3.8) is 0 Å². The zero-order valence-electron chi connectivity index (χ0n) is 10.8. The third kappa shape index (κ3) is 4.08. The van der Waals surface area contributed by atoms with E-state index in [1.165, 1.54) is 6.92 Å². The van der Waals surface area contributed by atoms with Crippen LogP contribution in [0.25, 0.3) is 0 Å². The van der Waals surface area contributed by atoms with Gasteiger partial charge in [0.1, 0.15) is 17.3 Å². The van der Waals surface area contributed by atoms with E-state index in [9.17, 15) is 9.59 Å². The Morgan fingerprint density at radius 1 is 1.22 bits per heavy atom. The van der Waals surface area contributed by atoms with E-state index in [-0.39, 0.29) is 18.1 Å². The van der Waals surface area contributed by atoms with Crippen molar-refractivity contribution in [3.8, 4) is 11.5 Å². The van der Waals surface area contributed by atoms with Crippen LogP contribution in [0.3, 0.4) is 0 Å². The summed E-state index contributed by atoms with van der Waals surface area (Å²) in [7, 11) is 3.12. The number of nitrogens with one attached hydrogen (secondary N) is 1. The second-order valence-corrected chi connectivity index (χ2v) is 3.83. The third-order valence-corrected chi connectivity index (χ3v) is 2.38. The highest BCUT2D eigenvalue weighted by atomic mass is 16.5. The van der Waals surface area contributed by atoms with E-state index in [0.717, 1.165) is 5.56 Å². The molecule has 1 N–H and O–H groups in total. The minimum absolute atomic E-state index is 0.0987. The topological polar surface area (TPSA) is 64.6 Å². The second-order valence-electron chi connectivity index (χ2n) is 3.83. The number of benzene rings is 1. The fraction of sp³-hybridized carbons (Fsp3) is 0.385. The van der Waals surface area contributed by atoms with Crippen molar-refractivity contribution in [3.05, 3.63) is 23.8 Å². The summed E-state index contributed by atoms with van der Waals surface area (Å²) in [6, 6.07) is 5.34. The molecule has 1 rings (SSSR count). The zero-order chi connectivity index (χ0) is 13.5. The van der Waals surface area contributed by atoms with Gasteiger partial charge in [0.2, 0.25) is 5.91 Å². The summed E-state index contributed by atoms with van der Waals surface area (Å²) < 4.78 is 10.3. The zero-order valence-corrected chi connectivity index (χ0v) is 10.8. The lowest BCUT2D eigenvalue weighted by molar-refractivity contribution is -0.127. The van der Waals surface area contributed by atoms with Gasteiger partial charge >= 0.3 is 0 Å². The highest BCUT2D eigenvalue weighted by Gasteiger charge is 2.08. The van der Waals surface area contributed by atoms with E-state index < -0.39 is 0 Å². The molecular weight excluding hydrogens is 234 g/mol. The first-order valence-corrected chi connectivity index (χ1v) is 5.54. The molecule has 0 saturated carbocycles. The molecule has 0 fully saturated rings. The highest BCUT2D eigenvalue weighted by molar-refractivity contribution is 5.96. The van der Waals surface area contributed by atoms with E-state index in [1.807, 2.05) is 6.07 Å². The molecule has 0 atom stereocenters. The van der Waals surface area contributed by atoms with E-state index in [2.05, 4.69) is 5.32 Å². The Bertz CT molecular complexity index is 443. The number of hydrogen-bond acceptors (Lipinski definition) is 4. The van der Waals surface area contributed by atoms with Crippen LogP contribution in [-0.2, 0) is 16.1 Å². The maximum atomic E-state index is 11.4. The summed E-state index contributed by atoms with van der Waals surface area (Å²) in [4.78, 5) is 22.1. The lowest BCUT2D eigenvalue weighted by Gasteiger charge is -2.11. The summed E-state index contributed by atoms with van der Waals surface area (Å²) in [5.74, 6) is 0.873. The molecule has 5 heteroatoms. The minimum Gasteiger partial charge on any atom is -0.497 e. The average Bonchev–Trinajstić information content (AvgIpc) is 2.35. The lowest BCUT2D eigenvalue weighted by atomic mass is 10.2. The van der Waals surface area contributed by atoms with Gasteiger partial charge in [-0.25, -0.2) is 0 Å². The van der Waals surface area contributed by atoms with Crippen molar-refractivity contribution in [2.45, 2.75) is 19.9 Å². The number of carbonyl (C=O) groups excluding carboxylic acids is 2. The number of ketones is 1. The average molecular weight is 251 g/mol. The summed E-state index contributed by atoms with van der Waals surface area (Å²) in [5.41, 5.74) is 0.829. The minimum atomic E-state index is -0.291. The van der Waals surface area contributed by atoms with Crippen molar-refractivity contribution in [2.24, 2.45) is 0 Å². The van der Waals surface area contributed by atoms with Crippen LogP contribution in [-0.4, -0.2) is 25.9 Å². The van der Waals surface area contributed by atoms with Crippen LogP contribution in [0.4, 0.5) is 0 Å². The van der Waals surface area contributed by atoms with E-state index in [0.29, 0.717) is 18.0 Å². The van der Waals surface area contributed by atoms with Crippen LogP contribution >= 0.6 is 0 Å². The van der Waals surface area contributed by atoms with Gasteiger partial charge in [0.15, 0.2) is 0 Å². The van der Waals surface area contributed by atoms with Crippen molar-refractivity contribution >= 4 is 11.7 Å². The quantitative estimate of drug-likeness (QED) is 0.774. The molecule has 1 aromatic rings. The molecule has 0 spiro atoms. The maximum Gasteiger partial charge on any atom is 0.227 e. The lowest BCUT2D eigenvalue weighted by Crippen LogP contribution is -2.24. The predicted molar refractivity (Wildman–Crippen MR) is 66.7 cm³/mol. The van der Waals surface area contributed by atoms with Crippen LogP contribution < -0.4 is 14.8 Å². The Kier molecular flexibility index (Phi) is 5.17. The van der Waals surface area contributed by atoms with Crippen LogP contribution in [0.2, 0.25) is 0 Å². The number of ether oxygens (including phenoxy) is 2. The van der Waals surface area contributed by atoms with Crippen LogP contribution in [0.1, 0.15) is 18.9 Å². The summed E-state index contributed by atoms with van der Waals surface area (Å²) in [6.45, 7) is 1.70. The third-order valence-electron chi connectivity index (χ3n) is 2.38. The summed E-state index contributed by atoms with van der Waals surface area (Å²) >= 11 is 0. The molecule has 1 amide bonds. The van der Waals surface area contributed by atoms with Gasteiger partial charge in [0.25, 0.3) is 0 Å². The number of rotatable bonds is 6. The van der Waals surface area contributed by atoms with Crippen molar-refractivity contribution < 1.29 is 19.1 Å². The Morgan fingerprint density at radius 3 is 2.50 bits per heavy atom. The van der Waals surface area contributed by atoms with Crippen molar-refractivity contribution in [1.29, 1.82) is 0 Å². The van der Waals surface area contributed by atoms with Crippen molar-refractivity contribution in [1.82, 2.24) is 5.32 Å². The SMILES string of the molecule is COc1ccc(CNC(=O)CC(C)=O)c(OC)c1. The fourth-order valence-corrected chi connectivity index (χ4v) is 1.48. The Balaban J connectivity index is 2.67. The molecule has 0 radical (unpaired) electrons. The molecule has 0 unspecified atom stereocenters. The number of carbonyl (C=O) groups is 2. The fourth-order valence-electron chi connectivity index (χ4n) is 1.48. The van der Waals surface area contributed by atoms with E-state index in [1.54, 1.807) is 26.4 Å². The molecule has 0 heterocycles. The van der Waals surface area contributed by atoms with Gasteiger partial charge in [-0.1, -0.05) is 0 Å². The molecule has 5 nitrogen and oxygen atoms in total. The second kappa shape index (κ2) is 6.64. The van der Waals surface area contributed by atoms with Gasteiger partial charge in [0, 0.05) is 18.2 Å². The van der Waals surface area contributed by atoms with Crippen LogP contribution in [0, 0.1) is 0 Å². The first-order valence-electron chi connectivity index (χ1n) is 5.54. The van der Waals surface area contributed by atoms with Gasteiger partial charge in [-0.2, -0.15) is 0 Å². The number of hydrogen-bond donors (Lipinski definition) is 1. The largest absolute Gasteiger partial charge is 0.497 e. The molecule has 0 bridgehead atoms. The van der Waals surface area contributed by atoms with E-state index >= 15 is 0 Å². The van der Waals surface area contributed by atoms with Crippen molar-refractivity contribution in [2.75, 3.05) is 14.2 Å². The van der Waals surface area contributed by atoms with Gasteiger partial charge in [0.05, 0.1) is 20.6 Å². The molecule has 0 saturated heterocycles. The van der Waals surface area contributed by atoms with Gasteiger partial charge < -0.3 is 14.8 Å². The molecule has 0 aliphatic carbocycles. The molecule has 1 aromatic carbocycles. The number of methoxy groups -OCH3 is 2. The highest BCUT2D eigenvalue weighted by Crippen LogP contribution is 2.24. The first kappa shape index (κ1) is 14.0. The molecule has 98 valence electrons. The molecule has 0 aliphatic rings. The molecular formula is C13H17NO4. The van der Waals surface area contributed by atoms with Crippen LogP contribution in [0.15, 0.2) is 18.2 Å². The normalized spacial score (nSPS) is 9.72. The summed E-state index contributed by atoms with van der Waals surface area (Å²) in [6.07, 6.45) is -0.0987. The first-order chi connectivity index (χ1) is 8.56. The molecule has 0 aromatic heterocycles. The predicted octanol–water partition coefficient (Wildman–Crippen LogP) is 1.30. The molecule has 18 heavy (non-hydrogen) atoms. The standard InChI is InChI=1S/C13H17NO4/c1-9(15)6-13(16)14-8-10-4-5-11(17-2)7-12(10)18-3/h4-5,7H,6,8H2,1-3H3,(H,14,16). The molecule has 0 aliphatic heterocycles. The van der Waals surface area contributed by atoms with E-state index in [4.69, 9.17) is 9.47 Å². The van der Waals surface area contributed by atoms with Gasteiger partial charge in [-0.05, 0) is 19.1 Å². The van der Waals surface area contributed by atoms with Gasteiger partial charge in [-0.3, -0.25) is 9.59 Å². The number of Topliss-reactive ketones (excluding diaryl/α,β-unsaturated/α-hetero) is 1. The monoisotopic (exact) mass is 251 g/mol. The van der Waals surface area contributed by atoms with Crippen LogP contribution in [0.5, 0.6) is 11.5 Å². The Hall–Kier alpha value is -2.04.